The molecule has 1 fully saturated rings. The van der Waals surface area contributed by atoms with E-state index in [1.807, 2.05) is 18.2 Å². The number of benzene rings is 2. The first-order chi connectivity index (χ1) is 10.6. The lowest BCUT2D eigenvalue weighted by molar-refractivity contribution is -0.131. The third-order valence-corrected chi connectivity index (χ3v) is 4.10. The summed E-state index contributed by atoms with van der Waals surface area (Å²) in [6.07, 6.45) is 1.09. The number of hydrogen-bond acceptors (Lipinski definition) is 2. The summed E-state index contributed by atoms with van der Waals surface area (Å²) in [4.78, 5) is 24.9. The van der Waals surface area contributed by atoms with E-state index in [9.17, 15) is 9.59 Å². The highest BCUT2D eigenvalue weighted by atomic mass is 35.5. The minimum absolute atomic E-state index is 0.275. The average Bonchev–Trinajstić information content (AvgIpc) is 3.32. The van der Waals surface area contributed by atoms with E-state index >= 15 is 0 Å². The van der Waals surface area contributed by atoms with Gasteiger partial charge in [0.15, 0.2) is 0 Å². The van der Waals surface area contributed by atoms with Crippen LogP contribution in [-0.2, 0) is 9.59 Å². The van der Waals surface area contributed by atoms with Gasteiger partial charge in [0.05, 0.1) is 10.7 Å². The third kappa shape index (κ3) is 2.83. The Hall–Kier alpha value is -2.33. The summed E-state index contributed by atoms with van der Waals surface area (Å²) in [5.41, 5.74) is 0.215. The molecule has 0 unspecified atom stereocenters. The Labute approximate surface area is 133 Å². The van der Waals surface area contributed by atoms with Crippen LogP contribution >= 0.6 is 11.6 Å². The second-order valence-corrected chi connectivity index (χ2v) is 5.74. The number of para-hydroxylation sites is 2. The summed E-state index contributed by atoms with van der Waals surface area (Å²) >= 11 is 6.03. The van der Waals surface area contributed by atoms with Crippen LogP contribution in [0.4, 0.5) is 11.4 Å². The molecule has 2 N–H and O–H groups in total. The standard InChI is InChI=1S/C17H15ClN2O2/c18-13-8-4-5-9-14(13)20-16(22)17(10-11-17)15(21)19-12-6-2-1-3-7-12/h1-9H,10-11H2,(H,19,21)(H,20,22). The molecule has 0 saturated heterocycles. The summed E-state index contributed by atoms with van der Waals surface area (Å²) < 4.78 is 0. The Bertz CT molecular complexity index is 712. The number of halogens is 1. The van der Waals surface area contributed by atoms with Crippen molar-refractivity contribution in [1.29, 1.82) is 0 Å². The Morgan fingerprint density at radius 2 is 1.45 bits per heavy atom. The van der Waals surface area contributed by atoms with Gasteiger partial charge in [-0.15, -0.1) is 0 Å². The van der Waals surface area contributed by atoms with Crippen molar-refractivity contribution >= 4 is 34.8 Å². The summed E-state index contributed by atoms with van der Waals surface area (Å²) in [6, 6.07) is 16.1. The number of anilines is 2. The van der Waals surface area contributed by atoms with Gasteiger partial charge in [0, 0.05) is 5.69 Å². The first-order valence-electron chi connectivity index (χ1n) is 7.04. The zero-order chi connectivity index (χ0) is 15.6. The van der Waals surface area contributed by atoms with Crippen molar-refractivity contribution in [3.8, 4) is 0 Å². The first-order valence-corrected chi connectivity index (χ1v) is 7.42. The van der Waals surface area contributed by atoms with Crippen LogP contribution in [0.15, 0.2) is 54.6 Å². The molecule has 4 nitrogen and oxygen atoms in total. The maximum atomic E-state index is 12.4. The van der Waals surface area contributed by atoms with Gasteiger partial charge in [0.25, 0.3) is 0 Å². The average molecular weight is 315 g/mol. The van der Waals surface area contributed by atoms with Crippen LogP contribution in [0, 0.1) is 5.41 Å². The van der Waals surface area contributed by atoms with Crippen LogP contribution < -0.4 is 10.6 Å². The number of carbonyl (C=O) groups excluding carboxylic acids is 2. The van der Waals surface area contributed by atoms with E-state index in [1.54, 1.807) is 36.4 Å². The SMILES string of the molecule is O=C(Nc1ccccc1)C1(C(=O)Nc2ccccc2Cl)CC1. The fourth-order valence-corrected chi connectivity index (χ4v) is 2.44. The Kier molecular flexibility index (Phi) is 3.86. The van der Waals surface area contributed by atoms with Gasteiger partial charge in [-0.2, -0.15) is 0 Å². The normalized spacial score (nSPS) is 15.0. The summed E-state index contributed by atoms with van der Waals surface area (Å²) in [5, 5.41) is 5.99. The molecule has 0 aliphatic heterocycles. The third-order valence-electron chi connectivity index (χ3n) is 3.77. The highest BCUT2D eigenvalue weighted by Crippen LogP contribution is 2.47. The van der Waals surface area contributed by atoms with Crippen LogP contribution in [0.2, 0.25) is 5.02 Å². The lowest BCUT2D eigenvalue weighted by Gasteiger charge is -2.16. The molecule has 2 aromatic carbocycles. The van der Waals surface area contributed by atoms with Gasteiger partial charge < -0.3 is 10.6 Å². The van der Waals surface area contributed by atoms with Crippen molar-refractivity contribution in [1.82, 2.24) is 0 Å². The minimum atomic E-state index is -0.991. The second-order valence-electron chi connectivity index (χ2n) is 5.34. The molecule has 0 bridgehead atoms. The molecular formula is C17H15ClN2O2. The lowest BCUT2D eigenvalue weighted by Crippen LogP contribution is -2.35. The maximum absolute atomic E-state index is 12.4. The van der Waals surface area contributed by atoms with Crippen molar-refractivity contribution in [2.24, 2.45) is 5.41 Å². The number of amides is 2. The van der Waals surface area contributed by atoms with Crippen molar-refractivity contribution in [3.05, 3.63) is 59.6 Å². The molecule has 0 radical (unpaired) electrons. The summed E-state index contributed by atoms with van der Waals surface area (Å²) in [5.74, 6) is -0.586. The smallest absolute Gasteiger partial charge is 0.240 e. The van der Waals surface area contributed by atoms with Crippen LogP contribution in [0.3, 0.4) is 0 Å². The summed E-state index contributed by atoms with van der Waals surface area (Å²) in [6.45, 7) is 0. The Morgan fingerprint density at radius 3 is 2.09 bits per heavy atom. The number of rotatable bonds is 4. The Balaban J connectivity index is 1.72. The maximum Gasteiger partial charge on any atom is 0.240 e. The van der Waals surface area contributed by atoms with Crippen LogP contribution in [0.5, 0.6) is 0 Å². The van der Waals surface area contributed by atoms with Gasteiger partial charge in [-0.25, -0.2) is 0 Å². The van der Waals surface area contributed by atoms with E-state index in [0.717, 1.165) is 0 Å². The van der Waals surface area contributed by atoms with Crippen LogP contribution in [-0.4, -0.2) is 11.8 Å². The van der Waals surface area contributed by atoms with E-state index in [2.05, 4.69) is 10.6 Å². The van der Waals surface area contributed by atoms with Gasteiger partial charge in [0.2, 0.25) is 11.8 Å². The number of carbonyl (C=O) groups is 2. The van der Waals surface area contributed by atoms with Crippen molar-refractivity contribution in [2.45, 2.75) is 12.8 Å². The van der Waals surface area contributed by atoms with Crippen LogP contribution in [0.25, 0.3) is 0 Å². The largest absolute Gasteiger partial charge is 0.325 e. The quantitative estimate of drug-likeness (QED) is 0.845. The molecule has 5 heteroatoms. The van der Waals surface area contributed by atoms with Gasteiger partial charge in [-0.3, -0.25) is 9.59 Å². The van der Waals surface area contributed by atoms with E-state index in [4.69, 9.17) is 11.6 Å². The van der Waals surface area contributed by atoms with E-state index < -0.39 is 5.41 Å². The molecule has 0 atom stereocenters. The van der Waals surface area contributed by atoms with Gasteiger partial charge in [-0.1, -0.05) is 41.9 Å². The van der Waals surface area contributed by atoms with Crippen molar-refractivity contribution < 1.29 is 9.59 Å². The van der Waals surface area contributed by atoms with Crippen molar-refractivity contribution in [2.75, 3.05) is 10.6 Å². The van der Waals surface area contributed by atoms with Gasteiger partial charge in [-0.05, 0) is 37.1 Å². The van der Waals surface area contributed by atoms with Crippen molar-refractivity contribution in [3.63, 3.8) is 0 Å². The monoisotopic (exact) mass is 314 g/mol. The van der Waals surface area contributed by atoms with Gasteiger partial charge >= 0.3 is 0 Å². The molecule has 0 heterocycles. The van der Waals surface area contributed by atoms with Crippen LogP contribution in [0.1, 0.15) is 12.8 Å². The molecule has 22 heavy (non-hydrogen) atoms. The molecule has 2 aromatic rings. The lowest BCUT2D eigenvalue weighted by atomic mass is 10.0. The first kappa shape index (κ1) is 14.6. The topological polar surface area (TPSA) is 58.2 Å². The number of hydrogen-bond donors (Lipinski definition) is 2. The predicted molar refractivity (Wildman–Crippen MR) is 86.8 cm³/mol. The molecular weight excluding hydrogens is 300 g/mol. The molecule has 3 rings (SSSR count). The zero-order valence-electron chi connectivity index (χ0n) is 11.8. The zero-order valence-corrected chi connectivity index (χ0v) is 12.6. The summed E-state index contributed by atoms with van der Waals surface area (Å²) in [7, 11) is 0. The highest BCUT2D eigenvalue weighted by Gasteiger charge is 2.56. The molecule has 1 aliphatic rings. The molecule has 1 aliphatic carbocycles. The van der Waals surface area contributed by atoms with Gasteiger partial charge in [0.1, 0.15) is 5.41 Å². The molecule has 112 valence electrons. The fraction of sp³-hybridized carbons (Fsp3) is 0.176. The minimum Gasteiger partial charge on any atom is -0.325 e. The number of nitrogens with one attached hydrogen (secondary N) is 2. The predicted octanol–water partition coefficient (Wildman–Crippen LogP) is 3.70. The molecule has 0 aromatic heterocycles. The fourth-order valence-electron chi connectivity index (χ4n) is 2.26. The molecule has 2 amide bonds. The highest BCUT2D eigenvalue weighted by molar-refractivity contribution is 6.34. The van der Waals surface area contributed by atoms with E-state index in [0.29, 0.717) is 29.2 Å². The second kappa shape index (κ2) is 5.81. The molecule has 0 spiro atoms. The Morgan fingerprint density at radius 1 is 0.864 bits per heavy atom. The van der Waals surface area contributed by atoms with E-state index in [-0.39, 0.29) is 11.8 Å². The molecule has 1 saturated carbocycles. The van der Waals surface area contributed by atoms with E-state index in [1.165, 1.54) is 0 Å².